The molecule has 0 spiro atoms. The summed E-state index contributed by atoms with van der Waals surface area (Å²) >= 11 is 1.46. The van der Waals surface area contributed by atoms with Gasteiger partial charge in [0.25, 0.3) is 0 Å². The van der Waals surface area contributed by atoms with Crippen LogP contribution in [0.25, 0.3) is 21.6 Å². The molecule has 3 rings (SSSR count). The number of nitrogens with two attached hydrogens (primary N) is 1. The monoisotopic (exact) mass is 290 g/mol. The Morgan fingerprint density at radius 1 is 1.00 bits per heavy atom. The van der Waals surface area contributed by atoms with Gasteiger partial charge in [0.2, 0.25) is 0 Å². The van der Waals surface area contributed by atoms with Gasteiger partial charge in [-0.05, 0) is 18.1 Å². The number of aryl methyl sites for hydroxylation is 1. The summed E-state index contributed by atoms with van der Waals surface area (Å²) in [6.45, 7) is 2.06. The number of thiophene rings is 1. The van der Waals surface area contributed by atoms with Crippen LogP contribution in [0, 0.1) is 18.3 Å². The highest BCUT2D eigenvalue weighted by atomic mass is 32.1. The molecule has 1 heterocycles. The first-order valence-electron chi connectivity index (χ1n) is 6.65. The van der Waals surface area contributed by atoms with E-state index in [4.69, 9.17) is 5.73 Å². The van der Waals surface area contributed by atoms with Gasteiger partial charge in [-0.2, -0.15) is 5.26 Å². The van der Waals surface area contributed by atoms with Crippen LogP contribution in [0.4, 0.5) is 5.69 Å². The molecule has 1 aromatic heterocycles. The molecule has 0 saturated heterocycles. The van der Waals surface area contributed by atoms with E-state index in [1.54, 1.807) is 0 Å². The Hall–Kier alpha value is -2.57. The lowest BCUT2D eigenvalue weighted by molar-refractivity contribution is 1.48. The van der Waals surface area contributed by atoms with Crippen molar-refractivity contribution in [2.24, 2.45) is 0 Å². The Morgan fingerprint density at radius 2 is 1.71 bits per heavy atom. The lowest BCUT2D eigenvalue weighted by Gasteiger charge is -2.06. The van der Waals surface area contributed by atoms with Crippen molar-refractivity contribution in [3.05, 3.63) is 65.0 Å². The third kappa shape index (κ3) is 2.42. The van der Waals surface area contributed by atoms with Gasteiger partial charge in [-0.3, -0.25) is 0 Å². The van der Waals surface area contributed by atoms with E-state index in [1.807, 2.05) is 36.4 Å². The average Bonchev–Trinajstić information content (AvgIpc) is 2.85. The first-order valence-corrected chi connectivity index (χ1v) is 7.47. The Labute approximate surface area is 128 Å². The predicted octanol–water partition coefficient (Wildman–Crippen LogP) is 4.84. The molecule has 2 N–H and O–H groups in total. The maximum atomic E-state index is 9.29. The van der Waals surface area contributed by atoms with Crippen molar-refractivity contribution in [1.82, 2.24) is 0 Å². The molecule has 2 nitrogen and oxygen atoms in total. The van der Waals surface area contributed by atoms with Crippen molar-refractivity contribution in [3.63, 3.8) is 0 Å². The van der Waals surface area contributed by atoms with Crippen LogP contribution in [0.2, 0.25) is 0 Å². The summed E-state index contributed by atoms with van der Waals surface area (Å²) in [6.07, 6.45) is 0. The molecular formula is C18H14N2S. The minimum atomic E-state index is 0.574. The van der Waals surface area contributed by atoms with Crippen LogP contribution in [0.5, 0.6) is 0 Å². The molecule has 102 valence electrons. The van der Waals surface area contributed by atoms with Gasteiger partial charge in [-0.1, -0.05) is 60.2 Å². The first-order chi connectivity index (χ1) is 10.2. The van der Waals surface area contributed by atoms with Crippen LogP contribution in [0.15, 0.2) is 54.6 Å². The fourth-order valence-electron chi connectivity index (χ4n) is 2.41. The molecule has 0 fully saturated rings. The smallest absolute Gasteiger partial charge is 0.129 e. The maximum absolute atomic E-state index is 9.29. The molecule has 3 aromatic rings. The van der Waals surface area contributed by atoms with Gasteiger partial charge in [0.05, 0.1) is 5.69 Å². The lowest BCUT2D eigenvalue weighted by Crippen LogP contribution is -1.89. The summed E-state index contributed by atoms with van der Waals surface area (Å²) in [5, 5.41) is 9.29. The zero-order valence-corrected chi connectivity index (χ0v) is 12.4. The topological polar surface area (TPSA) is 49.8 Å². The number of hydrogen-bond donors (Lipinski definition) is 1. The van der Waals surface area contributed by atoms with Crippen molar-refractivity contribution in [1.29, 1.82) is 5.26 Å². The van der Waals surface area contributed by atoms with Crippen LogP contribution in [0.1, 0.15) is 10.4 Å². The van der Waals surface area contributed by atoms with Crippen molar-refractivity contribution in [3.8, 4) is 27.6 Å². The van der Waals surface area contributed by atoms with E-state index in [9.17, 15) is 5.26 Å². The molecule has 3 heteroatoms. The number of benzene rings is 2. The summed E-state index contributed by atoms with van der Waals surface area (Å²) in [5.74, 6) is 0. The fraction of sp³-hybridized carbons (Fsp3) is 0.0556. The Kier molecular flexibility index (Phi) is 3.47. The second-order valence-electron chi connectivity index (χ2n) is 4.90. The fourth-order valence-corrected chi connectivity index (χ4v) is 3.44. The zero-order chi connectivity index (χ0) is 14.8. The van der Waals surface area contributed by atoms with Gasteiger partial charge in [-0.15, -0.1) is 11.3 Å². The largest absolute Gasteiger partial charge is 0.396 e. The van der Waals surface area contributed by atoms with E-state index < -0.39 is 0 Å². The number of nitriles is 1. The maximum Gasteiger partial charge on any atom is 0.129 e. The second-order valence-corrected chi connectivity index (χ2v) is 5.92. The van der Waals surface area contributed by atoms with E-state index in [0.717, 1.165) is 21.6 Å². The van der Waals surface area contributed by atoms with Gasteiger partial charge < -0.3 is 5.73 Å². The molecule has 0 atom stereocenters. The minimum absolute atomic E-state index is 0.574. The third-order valence-electron chi connectivity index (χ3n) is 3.39. The number of rotatable bonds is 2. The Bertz CT molecular complexity index is 826. The molecule has 0 unspecified atom stereocenters. The minimum Gasteiger partial charge on any atom is -0.396 e. The zero-order valence-electron chi connectivity index (χ0n) is 11.6. The predicted molar refractivity (Wildman–Crippen MR) is 89.1 cm³/mol. The molecule has 0 aliphatic heterocycles. The van der Waals surface area contributed by atoms with Crippen LogP contribution in [-0.2, 0) is 0 Å². The first kappa shape index (κ1) is 13.4. The Balaban J connectivity index is 2.29. The van der Waals surface area contributed by atoms with Crippen LogP contribution in [0.3, 0.4) is 0 Å². The van der Waals surface area contributed by atoms with Crippen molar-refractivity contribution in [2.45, 2.75) is 6.92 Å². The van der Waals surface area contributed by atoms with Crippen molar-refractivity contribution >= 4 is 17.0 Å². The molecular weight excluding hydrogens is 276 g/mol. The SMILES string of the molecule is Cc1cccc(-c2sc(C#N)c(N)c2-c2ccccc2)c1. The van der Waals surface area contributed by atoms with Gasteiger partial charge in [0, 0.05) is 10.4 Å². The number of anilines is 1. The third-order valence-corrected chi connectivity index (χ3v) is 4.55. The van der Waals surface area contributed by atoms with Gasteiger partial charge in [0.15, 0.2) is 0 Å². The summed E-state index contributed by atoms with van der Waals surface area (Å²) in [7, 11) is 0. The summed E-state index contributed by atoms with van der Waals surface area (Å²) < 4.78 is 0. The second kappa shape index (κ2) is 5.43. The van der Waals surface area contributed by atoms with E-state index in [-0.39, 0.29) is 0 Å². The van der Waals surface area contributed by atoms with E-state index in [1.165, 1.54) is 16.9 Å². The highest BCUT2D eigenvalue weighted by Gasteiger charge is 2.18. The molecule has 0 saturated carbocycles. The molecule has 21 heavy (non-hydrogen) atoms. The molecule has 0 aliphatic rings. The van der Waals surface area contributed by atoms with E-state index in [0.29, 0.717) is 10.6 Å². The average molecular weight is 290 g/mol. The van der Waals surface area contributed by atoms with Crippen molar-refractivity contribution in [2.75, 3.05) is 5.73 Å². The molecule has 0 amide bonds. The van der Waals surface area contributed by atoms with Crippen LogP contribution in [-0.4, -0.2) is 0 Å². The summed E-state index contributed by atoms with van der Waals surface area (Å²) in [4.78, 5) is 1.63. The molecule has 0 bridgehead atoms. The van der Waals surface area contributed by atoms with Gasteiger partial charge in [-0.25, -0.2) is 0 Å². The van der Waals surface area contributed by atoms with Gasteiger partial charge >= 0.3 is 0 Å². The highest BCUT2D eigenvalue weighted by Crippen LogP contribution is 2.44. The number of nitrogen functional groups attached to an aromatic ring is 1. The van der Waals surface area contributed by atoms with Crippen molar-refractivity contribution < 1.29 is 0 Å². The summed E-state index contributed by atoms with van der Waals surface area (Å²) in [6, 6.07) is 20.5. The van der Waals surface area contributed by atoms with E-state index in [2.05, 4.69) is 31.2 Å². The van der Waals surface area contributed by atoms with Crippen LogP contribution >= 0.6 is 11.3 Å². The number of nitrogens with zero attached hydrogens (tertiary/aromatic N) is 1. The molecule has 2 aromatic carbocycles. The Morgan fingerprint density at radius 3 is 2.38 bits per heavy atom. The molecule has 0 aliphatic carbocycles. The molecule has 0 radical (unpaired) electrons. The standard InChI is InChI=1S/C18H14N2S/c1-12-6-5-9-14(10-12)18-16(13-7-3-2-4-8-13)17(20)15(11-19)21-18/h2-10H,20H2,1H3. The normalized spacial score (nSPS) is 10.3. The lowest BCUT2D eigenvalue weighted by atomic mass is 10.00. The highest BCUT2D eigenvalue weighted by molar-refractivity contribution is 7.17. The van der Waals surface area contributed by atoms with Gasteiger partial charge in [0.1, 0.15) is 10.9 Å². The summed E-state index contributed by atoms with van der Waals surface area (Å²) in [5.41, 5.74) is 11.1. The quantitative estimate of drug-likeness (QED) is 0.733. The number of hydrogen-bond acceptors (Lipinski definition) is 3. The van der Waals surface area contributed by atoms with Crippen LogP contribution < -0.4 is 5.73 Å². The van der Waals surface area contributed by atoms with E-state index >= 15 is 0 Å².